The molecule has 0 amide bonds. The van der Waals surface area contributed by atoms with Gasteiger partial charge in [-0.2, -0.15) is 0 Å². The lowest BCUT2D eigenvalue weighted by Crippen LogP contribution is -2.38. The third kappa shape index (κ3) is 3.03. The Kier molecular flexibility index (Phi) is 4.22. The van der Waals surface area contributed by atoms with Crippen molar-refractivity contribution in [3.8, 4) is 0 Å². The number of hydrogen-bond donors (Lipinski definition) is 1. The van der Waals surface area contributed by atoms with Gasteiger partial charge in [0, 0.05) is 23.7 Å². The Bertz CT molecular complexity index is 897. The maximum absolute atomic E-state index is 14.0. The van der Waals surface area contributed by atoms with Crippen LogP contribution < -0.4 is 4.90 Å². The summed E-state index contributed by atoms with van der Waals surface area (Å²) in [6, 6.07) is 4.55. The molecule has 1 N–H and O–H groups in total. The Hall–Kier alpha value is -2.32. The first-order valence-corrected chi connectivity index (χ1v) is 8.41. The second-order valence-corrected chi connectivity index (χ2v) is 6.47. The van der Waals surface area contributed by atoms with E-state index in [0.717, 1.165) is 19.4 Å². The number of aliphatic hydroxyl groups excluding tert-OH is 1. The van der Waals surface area contributed by atoms with Gasteiger partial charge in [-0.3, -0.25) is 0 Å². The number of piperidine rings is 1. The van der Waals surface area contributed by atoms with Crippen LogP contribution in [0.5, 0.6) is 0 Å². The van der Waals surface area contributed by atoms with E-state index >= 15 is 0 Å². The molecule has 1 fully saturated rings. The maximum atomic E-state index is 14.0. The highest BCUT2D eigenvalue weighted by Crippen LogP contribution is 2.25. The number of β-amino-alcohol motifs (C(OH)–C–C–N with tert-alkyl or cyclic N) is 1. The molecule has 0 spiro atoms. The molecule has 2 aromatic heterocycles. The first-order valence-electron chi connectivity index (χ1n) is 8.03. The van der Waals surface area contributed by atoms with E-state index in [1.807, 2.05) is 4.90 Å². The van der Waals surface area contributed by atoms with Crippen LogP contribution >= 0.6 is 11.6 Å². The number of aromatic nitrogens is 5. The molecule has 0 bridgehead atoms. The molecule has 1 saturated heterocycles. The second kappa shape index (κ2) is 6.53. The number of hydrogen-bond acceptors (Lipinski definition) is 6. The zero-order chi connectivity index (χ0) is 17.4. The highest BCUT2D eigenvalue weighted by atomic mass is 35.5. The van der Waals surface area contributed by atoms with Crippen LogP contribution in [0.2, 0.25) is 5.02 Å². The number of benzene rings is 1. The van der Waals surface area contributed by atoms with Crippen LogP contribution in [0.15, 0.2) is 24.5 Å². The molecule has 25 heavy (non-hydrogen) atoms. The summed E-state index contributed by atoms with van der Waals surface area (Å²) in [5.41, 5.74) is 1.37. The molecular weight excluding hydrogens is 347 g/mol. The molecule has 1 aromatic carbocycles. The number of aliphatic hydroxyl groups is 1. The van der Waals surface area contributed by atoms with Crippen LogP contribution in [-0.2, 0) is 6.54 Å². The Morgan fingerprint density at radius 1 is 1.32 bits per heavy atom. The molecule has 4 rings (SSSR count). The third-order valence-corrected chi connectivity index (χ3v) is 4.70. The molecular formula is C16H16ClFN6O. The lowest BCUT2D eigenvalue weighted by atomic mass is 10.1. The third-order valence-electron chi connectivity index (χ3n) is 4.35. The van der Waals surface area contributed by atoms with Crippen molar-refractivity contribution in [2.24, 2.45) is 0 Å². The molecule has 130 valence electrons. The van der Waals surface area contributed by atoms with Gasteiger partial charge in [0.1, 0.15) is 12.1 Å². The smallest absolute Gasteiger partial charge is 0.184 e. The van der Waals surface area contributed by atoms with E-state index in [9.17, 15) is 9.50 Å². The van der Waals surface area contributed by atoms with Crippen molar-refractivity contribution in [1.29, 1.82) is 0 Å². The maximum Gasteiger partial charge on any atom is 0.184 e. The summed E-state index contributed by atoms with van der Waals surface area (Å²) in [5, 5.41) is 18.5. The van der Waals surface area contributed by atoms with E-state index in [2.05, 4.69) is 20.3 Å². The molecule has 0 unspecified atom stereocenters. The monoisotopic (exact) mass is 362 g/mol. The van der Waals surface area contributed by atoms with Gasteiger partial charge in [-0.1, -0.05) is 22.9 Å². The lowest BCUT2D eigenvalue weighted by Gasteiger charge is -2.30. The summed E-state index contributed by atoms with van der Waals surface area (Å²) in [7, 11) is 0. The highest BCUT2D eigenvalue weighted by Gasteiger charge is 2.23. The van der Waals surface area contributed by atoms with Crippen molar-refractivity contribution in [1.82, 2.24) is 25.0 Å². The Morgan fingerprint density at radius 3 is 3.00 bits per heavy atom. The van der Waals surface area contributed by atoms with Gasteiger partial charge in [0.05, 0.1) is 12.6 Å². The van der Waals surface area contributed by atoms with Gasteiger partial charge in [-0.15, -0.1) is 5.10 Å². The van der Waals surface area contributed by atoms with Crippen molar-refractivity contribution >= 4 is 28.6 Å². The van der Waals surface area contributed by atoms with E-state index < -0.39 is 5.82 Å². The molecule has 3 heterocycles. The van der Waals surface area contributed by atoms with Crippen molar-refractivity contribution in [2.75, 3.05) is 18.0 Å². The molecule has 3 aromatic rings. The zero-order valence-electron chi connectivity index (χ0n) is 13.3. The minimum absolute atomic E-state index is 0.126. The Balaban J connectivity index is 1.72. The van der Waals surface area contributed by atoms with E-state index in [-0.39, 0.29) is 12.6 Å². The standard InChI is InChI=1S/C16H16ClFN6O/c17-12-4-1-5-13(18)11(12)8-24-16-14(21-22-24)15(19-9-20-16)23-6-2-3-10(25)7-23/h1,4-5,9-10,25H,2-3,6-8H2/t10-/m1/s1. The van der Waals surface area contributed by atoms with Crippen LogP contribution in [0, 0.1) is 5.82 Å². The summed E-state index contributed by atoms with van der Waals surface area (Å²) in [5.74, 6) is 0.235. The summed E-state index contributed by atoms with van der Waals surface area (Å²) >= 11 is 6.10. The Morgan fingerprint density at radius 2 is 2.20 bits per heavy atom. The normalized spacial score (nSPS) is 18.0. The van der Waals surface area contributed by atoms with Gasteiger partial charge in [0.2, 0.25) is 0 Å². The van der Waals surface area contributed by atoms with Gasteiger partial charge in [0.25, 0.3) is 0 Å². The van der Waals surface area contributed by atoms with Crippen LogP contribution in [-0.4, -0.2) is 49.3 Å². The summed E-state index contributed by atoms with van der Waals surface area (Å²) in [6.45, 7) is 1.41. The molecule has 0 radical (unpaired) electrons. The summed E-state index contributed by atoms with van der Waals surface area (Å²) in [4.78, 5) is 10.5. The molecule has 1 atom stereocenters. The average Bonchev–Trinajstić information content (AvgIpc) is 3.01. The van der Waals surface area contributed by atoms with Crippen LogP contribution in [0.4, 0.5) is 10.2 Å². The molecule has 9 heteroatoms. The predicted octanol–water partition coefficient (Wildman–Crippen LogP) is 2.02. The van der Waals surface area contributed by atoms with Gasteiger partial charge in [-0.05, 0) is 25.0 Å². The first kappa shape index (κ1) is 16.2. The number of fused-ring (bicyclic) bond motifs is 1. The van der Waals surface area contributed by atoms with Gasteiger partial charge < -0.3 is 10.0 Å². The predicted molar refractivity (Wildman–Crippen MR) is 91.1 cm³/mol. The van der Waals surface area contributed by atoms with E-state index in [4.69, 9.17) is 11.6 Å². The van der Waals surface area contributed by atoms with E-state index in [1.165, 1.54) is 17.1 Å². The van der Waals surface area contributed by atoms with Gasteiger partial charge in [0.15, 0.2) is 17.0 Å². The van der Waals surface area contributed by atoms with Gasteiger partial charge in [-0.25, -0.2) is 19.0 Å². The minimum Gasteiger partial charge on any atom is -0.391 e. The SMILES string of the molecule is O[C@@H]1CCCN(c2ncnc3c2nnn3Cc2c(F)cccc2Cl)C1. The van der Waals surface area contributed by atoms with Crippen LogP contribution in [0.3, 0.4) is 0 Å². The van der Waals surface area contributed by atoms with Gasteiger partial charge >= 0.3 is 0 Å². The first-order chi connectivity index (χ1) is 12.1. The molecule has 0 saturated carbocycles. The fourth-order valence-electron chi connectivity index (χ4n) is 3.10. The minimum atomic E-state index is -0.399. The topological polar surface area (TPSA) is 80.0 Å². The van der Waals surface area contributed by atoms with Crippen molar-refractivity contribution in [2.45, 2.75) is 25.5 Å². The molecule has 1 aliphatic heterocycles. The summed E-state index contributed by atoms with van der Waals surface area (Å²) in [6.07, 6.45) is 2.71. The molecule has 0 aliphatic carbocycles. The number of nitrogens with zero attached hydrogens (tertiary/aromatic N) is 6. The van der Waals surface area contributed by atoms with Crippen molar-refractivity contribution in [3.05, 3.63) is 40.9 Å². The lowest BCUT2D eigenvalue weighted by molar-refractivity contribution is 0.154. The number of anilines is 1. The largest absolute Gasteiger partial charge is 0.391 e. The van der Waals surface area contributed by atoms with Crippen molar-refractivity contribution in [3.63, 3.8) is 0 Å². The van der Waals surface area contributed by atoms with E-state index in [0.29, 0.717) is 34.1 Å². The van der Waals surface area contributed by atoms with Crippen molar-refractivity contribution < 1.29 is 9.50 Å². The summed E-state index contributed by atoms with van der Waals surface area (Å²) < 4.78 is 15.5. The quantitative estimate of drug-likeness (QED) is 0.768. The van der Waals surface area contributed by atoms with Crippen LogP contribution in [0.25, 0.3) is 11.2 Å². The average molecular weight is 363 g/mol. The Labute approximate surface area is 148 Å². The number of halogens is 2. The zero-order valence-corrected chi connectivity index (χ0v) is 14.1. The van der Waals surface area contributed by atoms with E-state index in [1.54, 1.807) is 12.1 Å². The molecule has 1 aliphatic rings. The fraction of sp³-hybridized carbons (Fsp3) is 0.375. The fourth-order valence-corrected chi connectivity index (χ4v) is 3.32. The molecule has 7 nitrogen and oxygen atoms in total. The highest BCUT2D eigenvalue weighted by molar-refractivity contribution is 6.31. The van der Waals surface area contributed by atoms with Crippen LogP contribution in [0.1, 0.15) is 18.4 Å². The second-order valence-electron chi connectivity index (χ2n) is 6.06. The number of rotatable bonds is 3.